The Morgan fingerprint density at radius 2 is 2.04 bits per heavy atom. The first kappa shape index (κ1) is 13.8. The molecule has 0 atom stereocenters. The summed E-state index contributed by atoms with van der Waals surface area (Å²) in [5, 5.41) is 3.80. The molecule has 0 saturated heterocycles. The van der Waals surface area contributed by atoms with Crippen LogP contribution in [0, 0.1) is 6.92 Å². The predicted molar refractivity (Wildman–Crippen MR) is 90.4 cm³/mol. The van der Waals surface area contributed by atoms with Gasteiger partial charge in [-0.3, -0.25) is 14.3 Å². The third kappa shape index (κ3) is 2.07. The molecule has 1 N–H and O–H groups in total. The minimum Gasteiger partial charge on any atom is -0.372 e. The third-order valence-corrected chi connectivity index (χ3v) is 4.66. The molecule has 23 heavy (non-hydrogen) atoms. The molecule has 0 spiro atoms. The largest absolute Gasteiger partial charge is 0.372 e. The van der Waals surface area contributed by atoms with Crippen molar-refractivity contribution in [1.82, 2.24) is 24.5 Å². The maximum atomic E-state index is 12.8. The van der Waals surface area contributed by atoms with Crippen molar-refractivity contribution >= 4 is 37.6 Å². The molecule has 114 valence electrons. The van der Waals surface area contributed by atoms with E-state index in [-0.39, 0.29) is 5.56 Å². The maximum Gasteiger partial charge on any atom is 0.276 e. The van der Waals surface area contributed by atoms with Crippen LogP contribution in [-0.2, 0) is 0 Å². The molecule has 4 heterocycles. The number of fused-ring (bicyclic) bond motifs is 3. The Morgan fingerprint density at radius 3 is 2.78 bits per heavy atom. The highest BCUT2D eigenvalue weighted by Gasteiger charge is 2.16. The van der Waals surface area contributed by atoms with Crippen molar-refractivity contribution in [3.05, 3.63) is 47.0 Å². The Bertz CT molecular complexity index is 1080. The third-order valence-electron chi connectivity index (χ3n) is 3.59. The van der Waals surface area contributed by atoms with Gasteiger partial charge in [0.15, 0.2) is 0 Å². The van der Waals surface area contributed by atoms with Crippen LogP contribution in [0.1, 0.15) is 5.69 Å². The normalized spacial score (nSPS) is 11.2. The van der Waals surface area contributed by atoms with Gasteiger partial charge in [-0.2, -0.15) is 0 Å². The van der Waals surface area contributed by atoms with Gasteiger partial charge in [-0.1, -0.05) is 0 Å². The van der Waals surface area contributed by atoms with E-state index in [0.29, 0.717) is 21.7 Å². The molecule has 0 unspecified atom stereocenters. The predicted octanol–water partition coefficient (Wildman–Crippen LogP) is 2.14. The number of aromatic nitrogens is 5. The van der Waals surface area contributed by atoms with Gasteiger partial charge in [-0.05, 0) is 19.1 Å². The minimum atomic E-state index is -0.134. The summed E-state index contributed by atoms with van der Waals surface area (Å²) >= 11 is 1.32. The summed E-state index contributed by atoms with van der Waals surface area (Å²) in [4.78, 5) is 30.7. The second kappa shape index (κ2) is 5.10. The van der Waals surface area contributed by atoms with E-state index in [1.54, 1.807) is 13.2 Å². The first-order chi connectivity index (χ1) is 11.2. The van der Waals surface area contributed by atoms with E-state index >= 15 is 0 Å². The van der Waals surface area contributed by atoms with Crippen LogP contribution in [0.4, 0.5) is 5.82 Å². The first-order valence-corrected chi connectivity index (χ1v) is 7.76. The van der Waals surface area contributed by atoms with Crippen LogP contribution in [-0.4, -0.2) is 31.6 Å². The van der Waals surface area contributed by atoms with E-state index in [4.69, 9.17) is 0 Å². The van der Waals surface area contributed by atoms with Crippen LogP contribution < -0.4 is 10.9 Å². The van der Waals surface area contributed by atoms with Gasteiger partial charge < -0.3 is 5.32 Å². The molecule has 0 radical (unpaired) electrons. The van der Waals surface area contributed by atoms with Crippen LogP contribution in [0.15, 0.2) is 35.8 Å². The molecule has 0 aliphatic heterocycles. The average Bonchev–Trinajstić information content (AvgIpc) is 2.96. The Hall–Kier alpha value is -2.87. The van der Waals surface area contributed by atoms with Gasteiger partial charge in [0.1, 0.15) is 33.5 Å². The number of pyridine rings is 1. The molecule has 0 bridgehead atoms. The highest BCUT2D eigenvalue weighted by atomic mass is 32.1. The second-order valence-corrected chi connectivity index (χ2v) is 6.01. The monoisotopic (exact) mass is 324 g/mol. The molecular formula is C15H12N6OS. The summed E-state index contributed by atoms with van der Waals surface area (Å²) in [7, 11) is 1.78. The SMILES string of the molecule is CNc1ncnc2sc3c(=O)n(-c4ccc(C)nc4)cnc3c12. The summed E-state index contributed by atoms with van der Waals surface area (Å²) in [6.07, 6.45) is 4.66. The molecule has 4 rings (SSSR count). The summed E-state index contributed by atoms with van der Waals surface area (Å²) in [5.41, 5.74) is 2.07. The molecule has 0 saturated carbocycles. The summed E-state index contributed by atoms with van der Waals surface area (Å²) in [6.45, 7) is 1.90. The maximum absolute atomic E-state index is 12.8. The van der Waals surface area contributed by atoms with E-state index in [9.17, 15) is 4.79 Å². The van der Waals surface area contributed by atoms with Crippen LogP contribution in [0.5, 0.6) is 0 Å². The van der Waals surface area contributed by atoms with Crippen molar-refractivity contribution in [3.8, 4) is 5.69 Å². The zero-order chi connectivity index (χ0) is 16.0. The number of anilines is 1. The summed E-state index contributed by atoms with van der Waals surface area (Å²) in [6, 6.07) is 3.71. The lowest BCUT2D eigenvalue weighted by atomic mass is 10.3. The summed E-state index contributed by atoms with van der Waals surface area (Å²) in [5.74, 6) is 0.669. The number of aryl methyl sites for hydroxylation is 1. The average molecular weight is 324 g/mol. The van der Waals surface area contributed by atoms with Crippen LogP contribution in [0.2, 0.25) is 0 Å². The summed E-state index contributed by atoms with van der Waals surface area (Å²) < 4.78 is 2.05. The number of nitrogens with one attached hydrogen (secondary N) is 1. The number of thiophene rings is 1. The van der Waals surface area contributed by atoms with Crippen molar-refractivity contribution < 1.29 is 0 Å². The fourth-order valence-electron chi connectivity index (χ4n) is 2.44. The van der Waals surface area contributed by atoms with Crippen molar-refractivity contribution in [2.75, 3.05) is 12.4 Å². The lowest BCUT2D eigenvalue weighted by Crippen LogP contribution is -2.17. The van der Waals surface area contributed by atoms with Crippen LogP contribution in [0.3, 0.4) is 0 Å². The zero-order valence-corrected chi connectivity index (χ0v) is 13.3. The number of nitrogens with zero attached hydrogens (tertiary/aromatic N) is 5. The molecule has 0 fully saturated rings. The molecule has 0 aliphatic carbocycles. The van der Waals surface area contributed by atoms with E-state index in [0.717, 1.165) is 15.9 Å². The second-order valence-electron chi connectivity index (χ2n) is 5.01. The van der Waals surface area contributed by atoms with Crippen LogP contribution in [0.25, 0.3) is 26.1 Å². The molecule has 4 aromatic heterocycles. The van der Waals surface area contributed by atoms with Gasteiger partial charge in [0, 0.05) is 12.7 Å². The lowest BCUT2D eigenvalue weighted by molar-refractivity contribution is 0.953. The lowest BCUT2D eigenvalue weighted by Gasteiger charge is -2.05. The Kier molecular flexibility index (Phi) is 3.05. The van der Waals surface area contributed by atoms with Crippen molar-refractivity contribution in [2.24, 2.45) is 0 Å². The van der Waals surface area contributed by atoms with E-state index in [2.05, 4.69) is 25.3 Å². The molecule has 4 aromatic rings. The Morgan fingerprint density at radius 1 is 1.17 bits per heavy atom. The fourth-order valence-corrected chi connectivity index (χ4v) is 3.47. The topological polar surface area (TPSA) is 85.6 Å². The molecule has 0 amide bonds. The molecule has 8 heteroatoms. The molecular weight excluding hydrogens is 312 g/mol. The number of hydrogen-bond donors (Lipinski definition) is 1. The van der Waals surface area contributed by atoms with E-state index in [1.807, 2.05) is 19.1 Å². The molecule has 0 aliphatic rings. The van der Waals surface area contributed by atoms with Crippen molar-refractivity contribution in [2.45, 2.75) is 6.92 Å². The van der Waals surface area contributed by atoms with Gasteiger partial charge in [0.25, 0.3) is 5.56 Å². The van der Waals surface area contributed by atoms with Gasteiger partial charge in [0.2, 0.25) is 0 Å². The van der Waals surface area contributed by atoms with Crippen LogP contribution >= 0.6 is 11.3 Å². The highest BCUT2D eigenvalue weighted by molar-refractivity contribution is 7.25. The zero-order valence-electron chi connectivity index (χ0n) is 12.4. The standard InChI is InChI=1S/C15H12N6OS/c1-8-3-4-9(5-17-8)21-7-20-11-10-13(16-2)18-6-19-14(10)23-12(11)15(21)22/h3-7H,1-2H3,(H,16,18,19). The number of hydrogen-bond acceptors (Lipinski definition) is 7. The number of rotatable bonds is 2. The Labute approximate surface area is 134 Å². The first-order valence-electron chi connectivity index (χ1n) is 6.94. The fraction of sp³-hybridized carbons (Fsp3) is 0.133. The highest BCUT2D eigenvalue weighted by Crippen LogP contribution is 2.32. The van der Waals surface area contributed by atoms with Crippen molar-refractivity contribution in [1.29, 1.82) is 0 Å². The smallest absolute Gasteiger partial charge is 0.276 e. The van der Waals surface area contributed by atoms with Crippen molar-refractivity contribution in [3.63, 3.8) is 0 Å². The van der Waals surface area contributed by atoms with E-state index in [1.165, 1.54) is 28.6 Å². The van der Waals surface area contributed by atoms with Gasteiger partial charge in [-0.25, -0.2) is 15.0 Å². The quantitative estimate of drug-likeness (QED) is 0.608. The van der Waals surface area contributed by atoms with Gasteiger partial charge in [0.05, 0.1) is 17.3 Å². The Balaban J connectivity index is 2.04. The molecule has 0 aromatic carbocycles. The minimum absolute atomic E-state index is 0.134. The van der Waals surface area contributed by atoms with Gasteiger partial charge in [-0.15, -0.1) is 11.3 Å². The van der Waals surface area contributed by atoms with Gasteiger partial charge >= 0.3 is 0 Å². The molecule has 7 nitrogen and oxygen atoms in total. The van der Waals surface area contributed by atoms with E-state index < -0.39 is 0 Å².